The largest absolute Gasteiger partial charge is 0.507 e. The Balaban J connectivity index is 1.77. The Bertz CT molecular complexity index is 1090. The number of aromatic hydroxyl groups is 1. The number of phenols is 1. The second-order valence-corrected chi connectivity index (χ2v) is 9.54. The minimum Gasteiger partial charge on any atom is -0.507 e. The predicted molar refractivity (Wildman–Crippen MR) is 134 cm³/mol. The Morgan fingerprint density at radius 3 is 2.34 bits per heavy atom. The molecule has 0 saturated heterocycles. The number of halogens is 2. The van der Waals surface area contributed by atoms with Crippen LogP contribution in [-0.2, 0) is 9.59 Å². The highest BCUT2D eigenvalue weighted by molar-refractivity contribution is 6.37. The Morgan fingerprint density at radius 2 is 1.74 bits per heavy atom. The van der Waals surface area contributed by atoms with Crippen molar-refractivity contribution in [2.75, 3.05) is 12.4 Å². The van der Waals surface area contributed by atoms with E-state index < -0.39 is 18.3 Å². The molecule has 1 atom stereocenters. The summed E-state index contributed by atoms with van der Waals surface area (Å²) in [5.74, 6) is -1.75. The number of hydrogen-bond acceptors (Lipinski definition) is 5. The van der Waals surface area contributed by atoms with Crippen LogP contribution in [0.4, 0.5) is 5.69 Å². The molecule has 1 aliphatic rings. The third-order valence-electron chi connectivity index (χ3n) is 6.28. The fourth-order valence-corrected chi connectivity index (χ4v) is 4.81. The van der Waals surface area contributed by atoms with Crippen LogP contribution < -0.4 is 10.1 Å². The minimum atomic E-state index is -1.27. The molecule has 0 bridgehead atoms. The van der Waals surface area contributed by atoms with Crippen LogP contribution in [0.1, 0.15) is 55.8 Å². The van der Waals surface area contributed by atoms with Crippen molar-refractivity contribution in [2.24, 2.45) is 5.92 Å². The number of carboxylic acid groups (broad SMARTS) is 1. The van der Waals surface area contributed by atoms with Crippen LogP contribution in [0.3, 0.4) is 0 Å². The summed E-state index contributed by atoms with van der Waals surface area (Å²) in [5.41, 5.74) is 0.302. The molecule has 10 heteroatoms. The lowest BCUT2D eigenvalue weighted by Gasteiger charge is -2.34. The van der Waals surface area contributed by atoms with Gasteiger partial charge in [0.25, 0.3) is 5.91 Å². The normalized spacial score (nSPS) is 14.7. The summed E-state index contributed by atoms with van der Waals surface area (Å²) in [7, 11) is 1.74. The molecule has 2 amide bonds. The molecule has 35 heavy (non-hydrogen) atoms. The van der Waals surface area contributed by atoms with E-state index in [-0.39, 0.29) is 50.5 Å². The van der Waals surface area contributed by atoms with Crippen LogP contribution in [0, 0.1) is 5.92 Å². The zero-order chi connectivity index (χ0) is 25.7. The molecular weight excluding hydrogens is 495 g/mol. The highest BCUT2D eigenvalue weighted by Gasteiger charge is 2.28. The maximum absolute atomic E-state index is 13.2. The van der Waals surface area contributed by atoms with Crippen molar-refractivity contribution >= 4 is 46.7 Å². The van der Waals surface area contributed by atoms with Crippen molar-refractivity contribution in [2.45, 2.75) is 51.5 Å². The number of rotatable bonds is 8. The van der Waals surface area contributed by atoms with E-state index in [1.807, 2.05) is 6.92 Å². The van der Waals surface area contributed by atoms with Crippen LogP contribution in [-0.4, -0.2) is 46.0 Å². The number of phenolic OH excluding ortho intramolecular Hbond substituents is 1. The molecule has 0 radical (unpaired) electrons. The molecule has 0 aliphatic heterocycles. The van der Waals surface area contributed by atoms with Crippen molar-refractivity contribution in [3.8, 4) is 17.2 Å². The molecular formula is C25H28Cl2N2O6. The number of carboxylic acids is 1. The minimum absolute atomic E-state index is 0.0274. The number of anilines is 1. The molecule has 0 unspecified atom stereocenters. The van der Waals surface area contributed by atoms with Gasteiger partial charge < -0.3 is 25.2 Å². The summed E-state index contributed by atoms with van der Waals surface area (Å²) in [5, 5.41) is 21.6. The average Bonchev–Trinajstić information content (AvgIpc) is 2.81. The Kier molecular flexibility index (Phi) is 8.86. The number of aliphatic carboxylic acids is 1. The molecule has 1 saturated carbocycles. The first-order valence-corrected chi connectivity index (χ1v) is 12.1. The topological polar surface area (TPSA) is 116 Å². The molecule has 0 aromatic heterocycles. The monoisotopic (exact) mass is 522 g/mol. The van der Waals surface area contributed by atoms with Gasteiger partial charge in [-0.2, -0.15) is 0 Å². The smallest absolute Gasteiger partial charge is 0.312 e. The van der Waals surface area contributed by atoms with Gasteiger partial charge in [0.15, 0.2) is 5.75 Å². The summed E-state index contributed by atoms with van der Waals surface area (Å²) >= 11 is 12.6. The number of carbonyl (C=O) groups is 3. The number of nitrogens with zero attached hydrogens (tertiary/aromatic N) is 1. The fourth-order valence-electron chi connectivity index (χ4n) is 4.25. The average molecular weight is 523 g/mol. The lowest BCUT2D eigenvalue weighted by molar-refractivity contribution is -0.139. The number of benzene rings is 2. The van der Waals surface area contributed by atoms with Crippen molar-refractivity contribution in [3.05, 3.63) is 45.9 Å². The third kappa shape index (κ3) is 6.80. The predicted octanol–water partition coefficient (Wildman–Crippen LogP) is 5.95. The second-order valence-electron chi connectivity index (χ2n) is 8.72. The van der Waals surface area contributed by atoms with Crippen molar-refractivity contribution in [3.63, 3.8) is 0 Å². The van der Waals surface area contributed by atoms with Crippen molar-refractivity contribution < 1.29 is 29.3 Å². The molecule has 188 valence electrons. The van der Waals surface area contributed by atoms with Crippen LogP contribution in [0.5, 0.6) is 17.2 Å². The van der Waals surface area contributed by atoms with Gasteiger partial charge in [-0.3, -0.25) is 14.4 Å². The Morgan fingerprint density at radius 1 is 1.11 bits per heavy atom. The van der Waals surface area contributed by atoms with E-state index in [2.05, 4.69) is 5.32 Å². The fraction of sp³-hybridized carbons (Fsp3) is 0.400. The quantitative estimate of drug-likeness (QED) is 0.369. The van der Waals surface area contributed by atoms with Gasteiger partial charge in [-0.1, -0.05) is 42.5 Å². The van der Waals surface area contributed by atoms with Crippen molar-refractivity contribution in [1.82, 2.24) is 4.90 Å². The molecule has 0 heterocycles. The summed E-state index contributed by atoms with van der Waals surface area (Å²) < 4.78 is 5.81. The first kappa shape index (κ1) is 26.6. The molecule has 1 aliphatic carbocycles. The van der Waals surface area contributed by atoms with Gasteiger partial charge in [0, 0.05) is 18.8 Å². The standard InChI is InChI=1S/C25H28Cl2N2O6/c1-14(15-6-4-3-5-7-15)29(2)25(34)18-12-17(8-9-21(18)30)35-24-19(26)10-16(11-20(24)27)28-22(31)13-23(32)33/h8-12,14-15,30H,3-7,13H2,1-2H3,(H,28,31)(H,32,33)/t14-/m1/s1. The summed E-state index contributed by atoms with van der Waals surface area (Å²) in [6, 6.07) is 7.04. The van der Waals surface area contributed by atoms with Crippen LogP contribution in [0.15, 0.2) is 30.3 Å². The summed E-state index contributed by atoms with van der Waals surface area (Å²) in [6.07, 6.45) is 5.01. The Labute approximate surface area is 213 Å². The molecule has 1 fully saturated rings. The lowest BCUT2D eigenvalue weighted by Crippen LogP contribution is -2.40. The number of carbonyl (C=O) groups excluding carboxylic acids is 2. The van der Waals surface area contributed by atoms with E-state index in [9.17, 15) is 19.5 Å². The highest BCUT2D eigenvalue weighted by Crippen LogP contribution is 2.40. The van der Waals surface area contributed by atoms with Gasteiger partial charge in [0.2, 0.25) is 5.91 Å². The summed E-state index contributed by atoms with van der Waals surface area (Å²) in [6.45, 7) is 2.03. The van der Waals surface area contributed by atoms with Gasteiger partial charge in [0.1, 0.15) is 17.9 Å². The van der Waals surface area contributed by atoms with Crippen LogP contribution in [0.2, 0.25) is 10.0 Å². The van der Waals surface area contributed by atoms with Gasteiger partial charge >= 0.3 is 5.97 Å². The van der Waals surface area contributed by atoms with E-state index in [0.717, 1.165) is 25.7 Å². The highest BCUT2D eigenvalue weighted by atomic mass is 35.5. The first-order chi connectivity index (χ1) is 16.6. The van der Waals surface area contributed by atoms with Gasteiger partial charge in [0.05, 0.1) is 15.6 Å². The van der Waals surface area contributed by atoms with E-state index in [1.165, 1.54) is 36.8 Å². The van der Waals surface area contributed by atoms with Crippen LogP contribution in [0.25, 0.3) is 0 Å². The number of ether oxygens (including phenoxy) is 1. The van der Waals surface area contributed by atoms with Crippen molar-refractivity contribution in [1.29, 1.82) is 0 Å². The SMILES string of the molecule is C[C@H](C1CCCCC1)N(C)C(=O)c1cc(Oc2c(Cl)cc(NC(=O)CC(=O)O)cc2Cl)ccc1O. The number of hydrogen-bond donors (Lipinski definition) is 3. The van der Waals surface area contributed by atoms with Crippen LogP contribution >= 0.6 is 23.2 Å². The number of amides is 2. The molecule has 2 aromatic carbocycles. The van der Waals surface area contributed by atoms with Gasteiger partial charge in [-0.05, 0) is 56.0 Å². The molecule has 3 rings (SSSR count). The number of nitrogens with one attached hydrogen (secondary N) is 1. The zero-order valence-electron chi connectivity index (χ0n) is 19.5. The Hall–Kier alpha value is -2.97. The van der Waals surface area contributed by atoms with E-state index in [0.29, 0.717) is 5.92 Å². The molecule has 0 spiro atoms. The molecule has 8 nitrogen and oxygen atoms in total. The maximum atomic E-state index is 13.2. The van der Waals surface area contributed by atoms with Gasteiger partial charge in [-0.15, -0.1) is 0 Å². The van der Waals surface area contributed by atoms with E-state index >= 15 is 0 Å². The van der Waals surface area contributed by atoms with Gasteiger partial charge in [-0.25, -0.2) is 0 Å². The maximum Gasteiger partial charge on any atom is 0.312 e. The third-order valence-corrected chi connectivity index (χ3v) is 6.84. The molecule has 2 aromatic rings. The zero-order valence-corrected chi connectivity index (χ0v) is 21.0. The molecule has 3 N–H and O–H groups in total. The lowest BCUT2D eigenvalue weighted by atomic mass is 9.84. The second kappa shape index (κ2) is 11.6. The first-order valence-electron chi connectivity index (χ1n) is 11.4. The van der Waals surface area contributed by atoms with E-state index in [1.54, 1.807) is 11.9 Å². The van der Waals surface area contributed by atoms with E-state index in [4.69, 9.17) is 33.0 Å². The summed E-state index contributed by atoms with van der Waals surface area (Å²) in [4.78, 5) is 37.2.